The molecule has 0 spiro atoms. The van der Waals surface area contributed by atoms with Gasteiger partial charge in [-0.2, -0.15) is 0 Å². The van der Waals surface area contributed by atoms with Gasteiger partial charge in [-0.1, -0.05) is 40.5 Å². The van der Waals surface area contributed by atoms with Crippen molar-refractivity contribution in [3.63, 3.8) is 0 Å². The van der Waals surface area contributed by atoms with Gasteiger partial charge in [-0.25, -0.2) is 0 Å². The molecule has 0 aromatic carbocycles. The summed E-state index contributed by atoms with van der Waals surface area (Å²) in [4.78, 5) is 0. The zero-order chi connectivity index (χ0) is 13.8. The number of nitrogens with one attached hydrogen (secondary N) is 1. The van der Waals surface area contributed by atoms with Gasteiger partial charge in [0.15, 0.2) is 0 Å². The van der Waals surface area contributed by atoms with E-state index in [0.717, 1.165) is 29.6 Å². The summed E-state index contributed by atoms with van der Waals surface area (Å²) in [6, 6.07) is 0.645. The van der Waals surface area contributed by atoms with Crippen molar-refractivity contribution < 1.29 is 0 Å². The maximum Gasteiger partial charge on any atom is 0.00104 e. The van der Waals surface area contributed by atoms with E-state index in [0.29, 0.717) is 6.04 Å². The first-order valence-electron chi connectivity index (χ1n) is 8.79. The summed E-state index contributed by atoms with van der Waals surface area (Å²) >= 11 is 0. The highest BCUT2D eigenvalue weighted by atomic mass is 14.9. The van der Waals surface area contributed by atoms with Gasteiger partial charge in [-0.05, 0) is 68.2 Å². The van der Waals surface area contributed by atoms with Gasteiger partial charge in [0.25, 0.3) is 0 Å². The van der Waals surface area contributed by atoms with Crippen molar-refractivity contribution in [2.75, 3.05) is 6.54 Å². The van der Waals surface area contributed by atoms with Gasteiger partial charge in [0.05, 0.1) is 0 Å². The van der Waals surface area contributed by atoms with Crippen molar-refractivity contribution in [2.24, 2.45) is 29.6 Å². The van der Waals surface area contributed by atoms with Crippen molar-refractivity contribution in [1.82, 2.24) is 5.32 Å². The standard InChI is InChI=1S/C18H35N/c1-13(2)19-12-16-7-5-6-8-18(16)17-10-14(3)9-15(4)11-17/h13-19H,5-12H2,1-4H3. The van der Waals surface area contributed by atoms with Gasteiger partial charge in [0.2, 0.25) is 0 Å². The normalized spacial score (nSPS) is 40.6. The molecule has 0 aromatic rings. The Morgan fingerprint density at radius 1 is 0.947 bits per heavy atom. The van der Waals surface area contributed by atoms with Gasteiger partial charge in [-0.15, -0.1) is 0 Å². The molecule has 2 aliphatic carbocycles. The molecule has 1 heteroatoms. The Balaban J connectivity index is 1.94. The molecule has 4 unspecified atom stereocenters. The second-order valence-corrected chi connectivity index (χ2v) is 7.95. The summed E-state index contributed by atoms with van der Waals surface area (Å²) in [5.74, 6) is 4.94. The second-order valence-electron chi connectivity index (χ2n) is 7.95. The maximum atomic E-state index is 3.71. The predicted molar refractivity (Wildman–Crippen MR) is 84.3 cm³/mol. The lowest BCUT2D eigenvalue weighted by atomic mass is 9.64. The maximum absolute atomic E-state index is 3.71. The Bertz CT molecular complexity index is 250. The van der Waals surface area contributed by atoms with Crippen LogP contribution < -0.4 is 5.32 Å². The summed E-state index contributed by atoms with van der Waals surface area (Å²) in [7, 11) is 0. The Hall–Kier alpha value is -0.0400. The highest BCUT2D eigenvalue weighted by Crippen LogP contribution is 2.44. The van der Waals surface area contributed by atoms with Gasteiger partial charge in [0.1, 0.15) is 0 Å². The average molecular weight is 265 g/mol. The van der Waals surface area contributed by atoms with E-state index < -0.39 is 0 Å². The Morgan fingerprint density at radius 3 is 2.21 bits per heavy atom. The molecule has 0 amide bonds. The van der Waals surface area contributed by atoms with Crippen molar-refractivity contribution in [1.29, 1.82) is 0 Å². The highest BCUT2D eigenvalue weighted by Gasteiger charge is 2.35. The van der Waals surface area contributed by atoms with Crippen LogP contribution in [0.15, 0.2) is 0 Å². The predicted octanol–water partition coefficient (Wildman–Crippen LogP) is 4.86. The molecule has 19 heavy (non-hydrogen) atoms. The summed E-state index contributed by atoms with van der Waals surface area (Å²) in [6.45, 7) is 10.8. The Kier molecular flexibility index (Phi) is 5.74. The van der Waals surface area contributed by atoms with E-state index in [2.05, 4.69) is 33.0 Å². The Morgan fingerprint density at radius 2 is 1.58 bits per heavy atom. The minimum Gasteiger partial charge on any atom is -0.314 e. The molecule has 0 aliphatic heterocycles. The molecular formula is C18H35N. The first-order valence-corrected chi connectivity index (χ1v) is 8.79. The smallest absolute Gasteiger partial charge is 0.00104 e. The van der Waals surface area contributed by atoms with Crippen LogP contribution in [0, 0.1) is 29.6 Å². The van der Waals surface area contributed by atoms with Crippen LogP contribution in [-0.2, 0) is 0 Å². The second kappa shape index (κ2) is 7.11. The molecule has 0 aromatic heterocycles. The zero-order valence-electron chi connectivity index (χ0n) is 13.6. The first kappa shape index (κ1) is 15.4. The summed E-state index contributed by atoms with van der Waals surface area (Å²) < 4.78 is 0. The van der Waals surface area contributed by atoms with E-state index in [4.69, 9.17) is 0 Å². The monoisotopic (exact) mass is 265 g/mol. The minimum absolute atomic E-state index is 0.645. The quantitative estimate of drug-likeness (QED) is 0.765. The van der Waals surface area contributed by atoms with Gasteiger partial charge in [-0.3, -0.25) is 0 Å². The lowest BCUT2D eigenvalue weighted by Gasteiger charge is -2.42. The molecule has 0 bridgehead atoms. The molecule has 0 heterocycles. The van der Waals surface area contributed by atoms with Gasteiger partial charge in [0, 0.05) is 6.04 Å². The van der Waals surface area contributed by atoms with Crippen LogP contribution in [0.2, 0.25) is 0 Å². The third kappa shape index (κ3) is 4.48. The molecule has 2 saturated carbocycles. The van der Waals surface area contributed by atoms with Crippen LogP contribution in [0.4, 0.5) is 0 Å². The zero-order valence-corrected chi connectivity index (χ0v) is 13.6. The van der Waals surface area contributed by atoms with Crippen LogP contribution in [-0.4, -0.2) is 12.6 Å². The fraction of sp³-hybridized carbons (Fsp3) is 1.00. The lowest BCUT2D eigenvalue weighted by molar-refractivity contribution is 0.0874. The number of hydrogen-bond donors (Lipinski definition) is 1. The molecule has 1 nitrogen and oxygen atoms in total. The highest BCUT2D eigenvalue weighted by molar-refractivity contribution is 4.86. The summed E-state index contributed by atoms with van der Waals surface area (Å²) in [6.07, 6.45) is 10.4. The van der Waals surface area contributed by atoms with E-state index in [1.807, 2.05) is 0 Å². The van der Waals surface area contributed by atoms with Crippen LogP contribution in [0.25, 0.3) is 0 Å². The fourth-order valence-electron chi connectivity index (χ4n) is 4.86. The minimum atomic E-state index is 0.645. The van der Waals surface area contributed by atoms with E-state index >= 15 is 0 Å². The van der Waals surface area contributed by atoms with Gasteiger partial charge < -0.3 is 5.32 Å². The molecule has 0 radical (unpaired) electrons. The van der Waals surface area contributed by atoms with E-state index in [1.165, 1.54) is 51.5 Å². The Labute approximate surface area is 120 Å². The first-order chi connectivity index (χ1) is 9.06. The van der Waals surface area contributed by atoms with Crippen LogP contribution >= 0.6 is 0 Å². The van der Waals surface area contributed by atoms with Crippen molar-refractivity contribution in [3.8, 4) is 0 Å². The molecule has 112 valence electrons. The summed E-state index contributed by atoms with van der Waals surface area (Å²) in [5, 5.41) is 3.71. The van der Waals surface area contributed by atoms with Crippen LogP contribution in [0.5, 0.6) is 0 Å². The van der Waals surface area contributed by atoms with Gasteiger partial charge >= 0.3 is 0 Å². The molecule has 2 rings (SSSR count). The molecule has 2 fully saturated rings. The molecule has 4 atom stereocenters. The van der Waals surface area contributed by atoms with Crippen LogP contribution in [0.1, 0.15) is 72.6 Å². The molecule has 0 saturated heterocycles. The number of rotatable bonds is 4. The summed E-state index contributed by atoms with van der Waals surface area (Å²) in [5.41, 5.74) is 0. The molecule has 1 N–H and O–H groups in total. The SMILES string of the molecule is CC1CC(C)CC(C2CCCCC2CNC(C)C)C1. The molecule has 2 aliphatic rings. The average Bonchev–Trinajstić information content (AvgIpc) is 2.35. The lowest BCUT2D eigenvalue weighted by Crippen LogP contribution is -2.38. The van der Waals surface area contributed by atoms with E-state index in [-0.39, 0.29) is 0 Å². The largest absolute Gasteiger partial charge is 0.314 e. The third-order valence-electron chi connectivity index (χ3n) is 5.58. The fourth-order valence-corrected chi connectivity index (χ4v) is 4.86. The number of hydrogen-bond acceptors (Lipinski definition) is 1. The third-order valence-corrected chi connectivity index (χ3v) is 5.58. The van der Waals surface area contributed by atoms with Crippen molar-refractivity contribution in [2.45, 2.75) is 78.7 Å². The van der Waals surface area contributed by atoms with Crippen LogP contribution in [0.3, 0.4) is 0 Å². The van der Waals surface area contributed by atoms with Crippen molar-refractivity contribution in [3.05, 3.63) is 0 Å². The topological polar surface area (TPSA) is 12.0 Å². The van der Waals surface area contributed by atoms with E-state index in [1.54, 1.807) is 0 Å². The molecular weight excluding hydrogens is 230 g/mol. The van der Waals surface area contributed by atoms with Crippen molar-refractivity contribution >= 4 is 0 Å². The van der Waals surface area contributed by atoms with E-state index in [9.17, 15) is 0 Å².